The van der Waals surface area contributed by atoms with Crippen LogP contribution < -0.4 is 0 Å². The topological polar surface area (TPSA) is 78.9 Å². The monoisotopic (exact) mass is 223 g/mol. The quantitative estimate of drug-likeness (QED) is 0.641. The van der Waals surface area contributed by atoms with Crippen LogP contribution in [0.5, 0.6) is 0 Å². The SMILES string of the molecule is O=[PH+]OP(O[PH+]=O)O[PH+]=O. The zero-order valence-corrected chi connectivity index (χ0v) is 8.29. The third kappa shape index (κ3) is 5.40. The van der Waals surface area contributed by atoms with E-state index in [0.717, 1.165) is 0 Å². The molecule has 0 fully saturated rings. The van der Waals surface area contributed by atoms with Crippen molar-refractivity contribution in [2.75, 3.05) is 0 Å². The van der Waals surface area contributed by atoms with Crippen molar-refractivity contribution in [3.63, 3.8) is 0 Å². The molecule has 0 aliphatic carbocycles. The Kier molecular flexibility index (Phi) is 8.18. The third-order valence-corrected chi connectivity index (χ3v) is 3.02. The minimum Gasteiger partial charge on any atom is -0.0561 e. The molecule has 10 heteroatoms. The first kappa shape index (κ1) is 10.6. The number of rotatable bonds is 6. The highest BCUT2D eigenvalue weighted by molar-refractivity contribution is 7.56. The van der Waals surface area contributed by atoms with Gasteiger partial charge in [0, 0.05) is 0 Å². The fourth-order valence-corrected chi connectivity index (χ4v) is 2.33. The maximum absolute atomic E-state index is 9.75. The fourth-order valence-electron chi connectivity index (χ4n) is 0.147. The highest BCUT2D eigenvalue weighted by atomic mass is 31.2. The molecule has 0 aromatic heterocycles. The average Bonchev–Trinajstić information content (AvgIpc) is 1.90. The Morgan fingerprint density at radius 3 is 1.30 bits per heavy atom. The van der Waals surface area contributed by atoms with E-state index in [1.54, 1.807) is 0 Å². The molecule has 6 nitrogen and oxygen atoms in total. The van der Waals surface area contributed by atoms with Gasteiger partial charge in [0.15, 0.2) is 0 Å². The van der Waals surface area contributed by atoms with Crippen LogP contribution in [-0.4, -0.2) is 0 Å². The van der Waals surface area contributed by atoms with Crippen molar-refractivity contribution in [2.24, 2.45) is 0 Å². The van der Waals surface area contributed by atoms with Crippen molar-refractivity contribution in [1.29, 1.82) is 0 Å². The van der Waals surface area contributed by atoms with Crippen molar-refractivity contribution in [3.05, 3.63) is 0 Å². The van der Waals surface area contributed by atoms with Crippen LogP contribution in [0, 0.1) is 0 Å². The van der Waals surface area contributed by atoms with Gasteiger partial charge in [-0.25, -0.2) is 0 Å². The Morgan fingerprint density at radius 2 is 1.10 bits per heavy atom. The molecule has 0 aromatic rings. The number of hydrogen-bond donors (Lipinski definition) is 0. The van der Waals surface area contributed by atoms with Gasteiger partial charge in [-0.1, -0.05) is 12.9 Å². The van der Waals surface area contributed by atoms with E-state index in [9.17, 15) is 13.7 Å². The minimum atomic E-state index is -1.96. The molecular formula is H3O6P4+3. The second-order valence-corrected chi connectivity index (χ2v) is 3.89. The van der Waals surface area contributed by atoms with Crippen LogP contribution in [0.4, 0.5) is 0 Å². The summed E-state index contributed by atoms with van der Waals surface area (Å²) in [4.78, 5) is 0. The van der Waals surface area contributed by atoms with Crippen molar-refractivity contribution >= 4 is 34.7 Å². The Hall–Kier alpha value is 0.610. The summed E-state index contributed by atoms with van der Waals surface area (Å²) in [6.07, 6.45) is 0. The van der Waals surface area contributed by atoms with Gasteiger partial charge in [-0.3, -0.25) is 0 Å². The zero-order valence-electron chi connectivity index (χ0n) is 4.40. The molecule has 0 bridgehead atoms. The van der Waals surface area contributed by atoms with E-state index < -0.39 is 34.7 Å². The molecule has 0 radical (unpaired) electrons. The summed E-state index contributed by atoms with van der Waals surface area (Å²) in [7, 11) is -5.21. The molecule has 3 unspecified atom stereocenters. The van der Waals surface area contributed by atoms with Crippen molar-refractivity contribution in [3.8, 4) is 0 Å². The summed E-state index contributed by atoms with van der Waals surface area (Å²) >= 11 is 0. The molecule has 3 atom stereocenters. The van der Waals surface area contributed by atoms with Crippen LogP contribution in [0.3, 0.4) is 0 Å². The maximum atomic E-state index is 9.75. The summed E-state index contributed by atoms with van der Waals surface area (Å²) in [5.41, 5.74) is 0. The lowest BCUT2D eigenvalue weighted by Gasteiger charge is -1.83. The van der Waals surface area contributed by atoms with E-state index >= 15 is 0 Å². The second kappa shape index (κ2) is 7.71. The van der Waals surface area contributed by atoms with Crippen LogP contribution >= 0.6 is 34.7 Å². The molecule has 0 N–H and O–H groups in total. The molecule has 0 aliphatic heterocycles. The van der Waals surface area contributed by atoms with E-state index in [0.29, 0.717) is 0 Å². The predicted molar refractivity (Wildman–Crippen MR) is 37.2 cm³/mol. The van der Waals surface area contributed by atoms with Crippen molar-refractivity contribution in [1.82, 2.24) is 0 Å². The summed E-state index contributed by atoms with van der Waals surface area (Å²) in [6, 6.07) is 0. The first-order valence-electron chi connectivity index (χ1n) is 1.77. The van der Waals surface area contributed by atoms with Crippen LogP contribution in [-0.2, 0) is 26.6 Å². The summed E-state index contributed by atoms with van der Waals surface area (Å²) < 4.78 is 41.9. The van der Waals surface area contributed by atoms with Gasteiger partial charge in [0.1, 0.15) is 0 Å². The number of hydrogen-bond acceptors (Lipinski definition) is 6. The normalized spacial score (nSPS) is 14.4. The summed E-state index contributed by atoms with van der Waals surface area (Å²) in [5.74, 6) is 0. The molecular weight excluding hydrogens is 220 g/mol. The van der Waals surface area contributed by atoms with Crippen molar-refractivity contribution in [2.45, 2.75) is 0 Å². The molecule has 0 spiro atoms. The van der Waals surface area contributed by atoms with Gasteiger partial charge in [-0.2, -0.15) is 0 Å². The molecule has 0 aliphatic rings. The summed E-state index contributed by atoms with van der Waals surface area (Å²) in [6.45, 7) is 0. The van der Waals surface area contributed by atoms with Crippen LogP contribution in [0.2, 0.25) is 0 Å². The van der Waals surface area contributed by atoms with Gasteiger partial charge >= 0.3 is 34.7 Å². The van der Waals surface area contributed by atoms with Gasteiger partial charge < -0.3 is 0 Å². The van der Waals surface area contributed by atoms with Crippen LogP contribution in [0.1, 0.15) is 0 Å². The van der Waals surface area contributed by atoms with E-state index in [1.807, 2.05) is 0 Å². The molecule has 0 aromatic carbocycles. The van der Waals surface area contributed by atoms with Gasteiger partial charge in [0.25, 0.3) is 0 Å². The van der Waals surface area contributed by atoms with Gasteiger partial charge in [0.2, 0.25) is 0 Å². The lowest BCUT2D eigenvalue weighted by Crippen LogP contribution is -1.69. The third-order valence-electron chi connectivity index (χ3n) is 0.335. The maximum Gasteiger partial charge on any atom is 0.502 e. The first-order valence-corrected chi connectivity index (χ1v) is 5.32. The highest BCUT2D eigenvalue weighted by Crippen LogP contribution is 2.49. The van der Waals surface area contributed by atoms with Crippen LogP contribution in [0.25, 0.3) is 0 Å². The Balaban J connectivity index is 3.58. The smallest absolute Gasteiger partial charge is 0.0561 e. The molecule has 56 valence electrons. The van der Waals surface area contributed by atoms with Gasteiger partial charge in [-0.15, -0.1) is 0 Å². The van der Waals surface area contributed by atoms with E-state index in [-0.39, 0.29) is 0 Å². The molecule has 0 heterocycles. The standard InChI is InChI=1S/H3O6P4/c1-7-4-10(5-8-2)6-9-3/h7-9H/q+3. The van der Waals surface area contributed by atoms with E-state index in [1.165, 1.54) is 0 Å². The first-order chi connectivity index (χ1) is 4.85. The minimum absolute atomic E-state index is 1.08. The largest absolute Gasteiger partial charge is 0.502 e. The average molecular weight is 223 g/mol. The molecule has 0 saturated heterocycles. The van der Waals surface area contributed by atoms with Crippen molar-refractivity contribution < 1.29 is 26.6 Å². The molecule has 10 heavy (non-hydrogen) atoms. The Morgan fingerprint density at radius 1 is 0.800 bits per heavy atom. The predicted octanol–water partition coefficient (Wildman–Crippen LogP) is 2.08. The molecule has 0 saturated carbocycles. The summed E-state index contributed by atoms with van der Waals surface area (Å²) in [5, 5.41) is 0. The van der Waals surface area contributed by atoms with Gasteiger partial charge in [-0.05, 0) is 13.7 Å². The fraction of sp³-hybridized carbons (Fsp3) is 0. The Labute approximate surface area is 62.1 Å². The highest BCUT2D eigenvalue weighted by Gasteiger charge is 2.27. The second-order valence-electron chi connectivity index (χ2n) is 0.747. The Bertz CT molecular complexity index is 97.1. The lowest BCUT2D eigenvalue weighted by molar-refractivity contribution is 0.414. The molecule has 0 amide bonds. The lowest BCUT2D eigenvalue weighted by atomic mass is 15.7. The molecule has 0 rings (SSSR count). The zero-order chi connectivity index (χ0) is 7.82. The van der Waals surface area contributed by atoms with Crippen LogP contribution in [0.15, 0.2) is 0 Å². The van der Waals surface area contributed by atoms with E-state index in [4.69, 9.17) is 0 Å². The van der Waals surface area contributed by atoms with E-state index in [2.05, 4.69) is 12.9 Å². The van der Waals surface area contributed by atoms with Gasteiger partial charge in [0.05, 0.1) is 0 Å².